The lowest BCUT2D eigenvalue weighted by Gasteiger charge is -2.22. The summed E-state index contributed by atoms with van der Waals surface area (Å²) in [6.45, 7) is 6.91. The summed E-state index contributed by atoms with van der Waals surface area (Å²) in [6, 6.07) is 10.9. The molecule has 1 unspecified atom stereocenters. The molecule has 1 amide bonds. The Morgan fingerprint density at radius 2 is 1.76 bits per heavy atom. The molecule has 1 heterocycles. The van der Waals surface area contributed by atoms with Gasteiger partial charge in [0.1, 0.15) is 0 Å². The number of carbonyl (C=O) groups is 1. The molecular formula is C22H31NOS. The lowest BCUT2D eigenvalue weighted by Crippen LogP contribution is -2.34. The van der Waals surface area contributed by atoms with E-state index in [1.54, 1.807) is 11.3 Å². The number of carbonyl (C=O) groups excluding carboxylic acids is 1. The third-order valence-electron chi connectivity index (χ3n) is 4.89. The largest absolute Gasteiger partial charge is 0.355 e. The molecule has 2 nitrogen and oxygen atoms in total. The highest BCUT2D eigenvalue weighted by atomic mass is 32.1. The van der Waals surface area contributed by atoms with Crippen molar-refractivity contribution in [2.45, 2.75) is 58.8 Å². The van der Waals surface area contributed by atoms with Gasteiger partial charge in [-0.15, -0.1) is 0 Å². The smallest absolute Gasteiger partial charge is 0.223 e. The van der Waals surface area contributed by atoms with Gasteiger partial charge in [0.15, 0.2) is 0 Å². The standard InChI is InChI=1S/C20H25NOS.C2H6/c1-15(13-21-20(22)18-5-3-2-4-6-18)16-7-9-17(10-8-16)19-11-12-23-14-19;1-2/h7-12,14-15,18H,2-6,13H2,1H3,(H,21,22);1-2H3. The Hall–Kier alpha value is -1.61. The van der Waals surface area contributed by atoms with Crippen LogP contribution >= 0.6 is 11.3 Å². The second-order valence-corrected chi connectivity index (χ2v) is 7.40. The fraction of sp³-hybridized carbons (Fsp3) is 0.500. The lowest BCUT2D eigenvalue weighted by molar-refractivity contribution is -0.125. The van der Waals surface area contributed by atoms with E-state index in [2.05, 4.69) is 53.3 Å². The number of nitrogens with one attached hydrogen (secondary N) is 1. The molecule has 0 aliphatic heterocycles. The van der Waals surface area contributed by atoms with Crippen molar-refractivity contribution in [3.05, 3.63) is 46.7 Å². The molecule has 0 radical (unpaired) electrons. The predicted molar refractivity (Wildman–Crippen MR) is 109 cm³/mol. The average Bonchev–Trinajstić information content (AvgIpc) is 3.23. The van der Waals surface area contributed by atoms with Gasteiger partial charge >= 0.3 is 0 Å². The molecule has 3 rings (SSSR count). The average molecular weight is 358 g/mol. The zero-order valence-corrected chi connectivity index (χ0v) is 16.6. The number of amides is 1. The zero-order valence-electron chi connectivity index (χ0n) is 15.8. The van der Waals surface area contributed by atoms with Crippen LogP contribution in [0.1, 0.15) is 64.4 Å². The van der Waals surface area contributed by atoms with Crippen LogP contribution in [0.4, 0.5) is 0 Å². The summed E-state index contributed by atoms with van der Waals surface area (Å²) < 4.78 is 0. The molecule has 1 atom stereocenters. The molecule has 136 valence electrons. The zero-order chi connectivity index (χ0) is 18.1. The summed E-state index contributed by atoms with van der Waals surface area (Å²) in [6.07, 6.45) is 5.83. The third kappa shape index (κ3) is 5.71. The first-order valence-electron chi connectivity index (χ1n) is 9.64. The summed E-state index contributed by atoms with van der Waals surface area (Å²) in [4.78, 5) is 12.2. The highest BCUT2D eigenvalue weighted by molar-refractivity contribution is 7.08. The normalized spacial score (nSPS) is 15.8. The number of hydrogen-bond acceptors (Lipinski definition) is 2. The van der Waals surface area contributed by atoms with Gasteiger partial charge in [-0.1, -0.05) is 64.3 Å². The van der Waals surface area contributed by atoms with Gasteiger partial charge in [-0.3, -0.25) is 4.79 Å². The van der Waals surface area contributed by atoms with Crippen LogP contribution in [0.3, 0.4) is 0 Å². The molecule has 1 aromatic carbocycles. The number of rotatable bonds is 5. The van der Waals surface area contributed by atoms with E-state index in [1.807, 2.05) is 13.8 Å². The number of hydrogen-bond donors (Lipinski definition) is 1. The van der Waals surface area contributed by atoms with E-state index in [4.69, 9.17) is 0 Å². The maximum atomic E-state index is 12.2. The summed E-state index contributed by atoms with van der Waals surface area (Å²) in [7, 11) is 0. The Labute approximate surface area is 156 Å². The van der Waals surface area contributed by atoms with Crippen LogP contribution in [0.25, 0.3) is 11.1 Å². The van der Waals surface area contributed by atoms with Gasteiger partial charge in [-0.2, -0.15) is 11.3 Å². The van der Waals surface area contributed by atoms with Crippen molar-refractivity contribution in [3.8, 4) is 11.1 Å². The van der Waals surface area contributed by atoms with Gasteiger partial charge in [-0.25, -0.2) is 0 Å². The quantitative estimate of drug-likeness (QED) is 0.674. The van der Waals surface area contributed by atoms with Crippen LogP contribution in [0.15, 0.2) is 41.1 Å². The van der Waals surface area contributed by atoms with Gasteiger partial charge in [0.05, 0.1) is 0 Å². The second-order valence-electron chi connectivity index (χ2n) is 6.62. The van der Waals surface area contributed by atoms with Crippen LogP contribution in [0.2, 0.25) is 0 Å². The van der Waals surface area contributed by atoms with Gasteiger partial charge in [0, 0.05) is 12.5 Å². The maximum absolute atomic E-state index is 12.2. The minimum Gasteiger partial charge on any atom is -0.355 e. The molecule has 2 aromatic rings. The first kappa shape index (κ1) is 19.7. The molecule has 1 aromatic heterocycles. The van der Waals surface area contributed by atoms with Crippen molar-refractivity contribution >= 4 is 17.2 Å². The molecule has 25 heavy (non-hydrogen) atoms. The van der Waals surface area contributed by atoms with E-state index < -0.39 is 0 Å². The van der Waals surface area contributed by atoms with Crippen molar-refractivity contribution in [2.75, 3.05) is 6.54 Å². The first-order chi connectivity index (χ1) is 12.2. The van der Waals surface area contributed by atoms with Crippen molar-refractivity contribution < 1.29 is 4.79 Å². The SMILES string of the molecule is CC.CC(CNC(=O)C1CCCCC1)c1ccc(-c2ccsc2)cc1. The molecule has 1 aliphatic rings. The van der Waals surface area contributed by atoms with Crippen LogP contribution in [-0.4, -0.2) is 12.5 Å². The van der Waals surface area contributed by atoms with Gasteiger partial charge in [0.2, 0.25) is 5.91 Å². The highest BCUT2D eigenvalue weighted by Crippen LogP contribution is 2.25. The van der Waals surface area contributed by atoms with E-state index in [-0.39, 0.29) is 11.8 Å². The molecule has 3 heteroatoms. The molecule has 1 fully saturated rings. The molecule has 0 saturated heterocycles. The summed E-state index contributed by atoms with van der Waals surface area (Å²) >= 11 is 1.72. The van der Waals surface area contributed by atoms with Crippen molar-refractivity contribution in [1.82, 2.24) is 5.32 Å². The Morgan fingerprint density at radius 1 is 1.08 bits per heavy atom. The second kappa shape index (κ2) is 10.4. The summed E-state index contributed by atoms with van der Waals surface area (Å²) in [5, 5.41) is 7.43. The first-order valence-corrected chi connectivity index (χ1v) is 10.6. The van der Waals surface area contributed by atoms with Crippen LogP contribution in [0.5, 0.6) is 0 Å². The van der Waals surface area contributed by atoms with Crippen LogP contribution in [0, 0.1) is 5.92 Å². The Kier molecular flexibility index (Phi) is 8.20. The van der Waals surface area contributed by atoms with E-state index in [0.29, 0.717) is 5.92 Å². The van der Waals surface area contributed by atoms with Crippen molar-refractivity contribution in [1.29, 1.82) is 0 Å². The third-order valence-corrected chi connectivity index (χ3v) is 5.58. The molecular weight excluding hydrogens is 326 g/mol. The lowest BCUT2D eigenvalue weighted by atomic mass is 9.88. The highest BCUT2D eigenvalue weighted by Gasteiger charge is 2.21. The summed E-state index contributed by atoms with van der Waals surface area (Å²) in [5.74, 6) is 0.849. The Morgan fingerprint density at radius 3 is 2.36 bits per heavy atom. The summed E-state index contributed by atoms with van der Waals surface area (Å²) in [5.41, 5.74) is 3.82. The maximum Gasteiger partial charge on any atom is 0.223 e. The molecule has 0 spiro atoms. The van der Waals surface area contributed by atoms with Gasteiger partial charge in [0.25, 0.3) is 0 Å². The molecule has 1 saturated carbocycles. The fourth-order valence-corrected chi connectivity index (χ4v) is 3.98. The van der Waals surface area contributed by atoms with E-state index in [0.717, 1.165) is 19.4 Å². The van der Waals surface area contributed by atoms with Crippen molar-refractivity contribution in [2.24, 2.45) is 5.92 Å². The van der Waals surface area contributed by atoms with Gasteiger partial charge < -0.3 is 5.32 Å². The monoisotopic (exact) mass is 357 g/mol. The fourth-order valence-electron chi connectivity index (χ4n) is 3.31. The van der Waals surface area contributed by atoms with Crippen LogP contribution in [-0.2, 0) is 4.79 Å². The number of benzene rings is 1. The molecule has 1 N–H and O–H groups in total. The predicted octanol–water partition coefficient (Wildman–Crippen LogP) is 6.24. The molecule has 0 bridgehead atoms. The van der Waals surface area contributed by atoms with E-state index in [1.165, 1.54) is 36.0 Å². The van der Waals surface area contributed by atoms with Crippen molar-refractivity contribution in [3.63, 3.8) is 0 Å². The Bertz CT molecular complexity index is 612. The van der Waals surface area contributed by atoms with Gasteiger partial charge in [-0.05, 0) is 52.3 Å². The topological polar surface area (TPSA) is 29.1 Å². The number of thiophene rings is 1. The minimum absolute atomic E-state index is 0.247. The van der Waals surface area contributed by atoms with Crippen LogP contribution < -0.4 is 5.32 Å². The molecule has 1 aliphatic carbocycles. The van der Waals surface area contributed by atoms with E-state index in [9.17, 15) is 4.79 Å². The van der Waals surface area contributed by atoms with E-state index >= 15 is 0 Å². The Balaban J connectivity index is 0.00000109. The minimum atomic E-state index is 0.247.